The van der Waals surface area contributed by atoms with Crippen molar-refractivity contribution in [3.05, 3.63) is 0 Å². The Kier molecular flexibility index (Phi) is 4.92. The van der Waals surface area contributed by atoms with E-state index in [-0.39, 0.29) is 0 Å². The minimum atomic E-state index is 0.720. The van der Waals surface area contributed by atoms with Crippen LogP contribution >= 0.6 is 0 Å². The molecule has 0 radical (unpaired) electrons. The molecule has 2 aliphatic heterocycles. The van der Waals surface area contributed by atoms with Crippen molar-refractivity contribution in [2.75, 3.05) is 45.8 Å². The predicted molar refractivity (Wildman–Crippen MR) is 89.6 cm³/mol. The highest BCUT2D eigenvalue weighted by Crippen LogP contribution is 2.42. The molecule has 2 heterocycles. The molecule has 0 aromatic heterocycles. The number of piperazine rings is 1. The molecule has 3 rings (SSSR count). The van der Waals surface area contributed by atoms with Gasteiger partial charge in [-0.25, -0.2) is 0 Å². The van der Waals surface area contributed by atoms with Crippen LogP contribution in [0.1, 0.15) is 40.5 Å². The minimum absolute atomic E-state index is 0.720. The second-order valence-electron chi connectivity index (χ2n) is 8.34. The van der Waals surface area contributed by atoms with Crippen LogP contribution in [0.4, 0.5) is 0 Å². The monoisotopic (exact) mass is 293 g/mol. The molecule has 122 valence electrons. The Morgan fingerprint density at radius 3 is 2.10 bits per heavy atom. The Labute approximate surface area is 131 Å². The fourth-order valence-electron chi connectivity index (χ4n) is 4.86. The number of likely N-dealkylation sites (tertiary alicyclic amines) is 1. The van der Waals surface area contributed by atoms with Crippen LogP contribution < -0.4 is 0 Å². The van der Waals surface area contributed by atoms with Gasteiger partial charge in [0.15, 0.2) is 0 Å². The fourth-order valence-corrected chi connectivity index (χ4v) is 4.86. The first-order chi connectivity index (χ1) is 10.0. The van der Waals surface area contributed by atoms with Crippen molar-refractivity contribution in [3.8, 4) is 0 Å². The van der Waals surface area contributed by atoms with Crippen molar-refractivity contribution >= 4 is 0 Å². The van der Waals surface area contributed by atoms with Crippen LogP contribution in [0.25, 0.3) is 0 Å². The van der Waals surface area contributed by atoms with Gasteiger partial charge in [0.2, 0.25) is 0 Å². The maximum Gasteiger partial charge on any atom is 0.0113 e. The van der Waals surface area contributed by atoms with Gasteiger partial charge < -0.3 is 9.80 Å². The Balaban J connectivity index is 1.49. The summed E-state index contributed by atoms with van der Waals surface area (Å²) < 4.78 is 0. The Hall–Kier alpha value is -0.120. The van der Waals surface area contributed by atoms with E-state index in [0.717, 1.165) is 29.8 Å². The third-order valence-electron chi connectivity index (χ3n) is 6.26. The molecule has 21 heavy (non-hydrogen) atoms. The summed E-state index contributed by atoms with van der Waals surface area (Å²) in [7, 11) is 0. The summed E-state index contributed by atoms with van der Waals surface area (Å²) in [5.74, 6) is 2.95. The highest BCUT2D eigenvalue weighted by Gasteiger charge is 2.41. The van der Waals surface area contributed by atoms with E-state index >= 15 is 0 Å². The van der Waals surface area contributed by atoms with E-state index in [1.165, 1.54) is 58.7 Å². The molecule has 3 unspecified atom stereocenters. The Morgan fingerprint density at radius 1 is 0.810 bits per heavy atom. The summed E-state index contributed by atoms with van der Waals surface area (Å²) in [6, 6.07) is 1.46. The summed E-state index contributed by atoms with van der Waals surface area (Å²) in [5, 5.41) is 0. The van der Waals surface area contributed by atoms with E-state index in [1.54, 1.807) is 0 Å². The number of hydrogen-bond donors (Lipinski definition) is 0. The van der Waals surface area contributed by atoms with Gasteiger partial charge in [0.1, 0.15) is 0 Å². The van der Waals surface area contributed by atoms with Crippen LogP contribution in [-0.4, -0.2) is 72.6 Å². The van der Waals surface area contributed by atoms with Crippen molar-refractivity contribution in [1.29, 1.82) is 0 Å². The summed E-state index contributed by atoms with van der Waals surface area (Å²) in [6.07, 6.45) is 3.01. The standard InChI is InChI=1S/C18H35N3/c1-14(2)20-7-5-19(6-8-20)12-17-9-16-10-18(17)13-21(11-16)15(3)4/h14-18H,5-13H2,1-4H3. The Morgan fingerprint density at radius 2 is 1.48 bits per heavy atom. The van der Waals surface area contributed by atoms with Crippen LogP contribution in [0, 0.1) is 17.8 Å². The molecule has 3 aliphatic rings. The molecule has 0 N–H and O–H groups in total. The maximum absolute atomic E-state index is 2.75. The van der Waals surface area contributed by atoms with Crippen molar-refractivity contribution in [2.24, 2.45) is 17.8 Å². The summed E-state index contributed by atoms with van der Waals surface area (Å²) in [5.41, 5.74) is 0. The van der Waals surface area contributed by atoms with Gasteiger partial charge in [-0.05, 0) is 58.3 Å². The lowest BCUT2D eigenvalue weighted by Crippen LogP contribution is -2.50. The van der Waals surface area contributed by atoms with Gasteiger partial charge in [0.05, 0.1) is 0 Å². The third kappa shape index (κ3) is 3.62. The molecular weight excluding hydrogens is 258 g/mol. The molecule has 3 heteroatoms. The average Bonchev–Trinajstić information content (AvgIpc) is 2.73. The smallest absolute Gasteiger partial charge is 0.0113 e. The molecule has 2 bridgehead atoms. The summed E-state index contributed by atoms with van der Waals surface area (Å²) in [4.78, 5) is 8.11. The van der Waals surface area contributed by atoms with Crippen molar-refractivity contribution in [3.63, 3.8) is 0 Å². The zero-order valence-corrected chi connectivity index (χ0v) is 14.6. The molecule has 0 aromatic carbocycles. The molecule has 3 fully saturated rings. The number of hydrogen-bond acceptors (Lipinski definition) is 3. The lowest BCUT2D eigenvalue weighted by Gasteiger charge is -2.39. The van der Waals surface area contributed by atoms with Gasteiger partial charge in [-0.15, -0.1) is 0 Å². The lowest BCUT2D eigenvalue weighted by molar-refractivity contribution is 0.0833. The van der Waals surface area contributed by atoms with E-state index in [9.17, 15) is 0 Å². The molecule has 1 saturated carbocycles. The maximum atomic E-state index is 2.75. The number of rotatable bonds is 4. The number of nitrogens with zero attached hydrogens (tertiary/aromatic N) is 3. The molecule has 2 saturated heterocycles. The number of fused-ring (bicyclic) bond motifs is 2. The molecule has 0 aromatic rings. The van der Waals surface area contributed by atoms with Gasteiger partial charge in [0.25, 0.3) is 0 Å². The Bertz CT molecular complexity index is 333. The lowest BCUT2D eigenvalue weighted by atomic mass is 9.93. The largest absolute Gasteiger partial charge is 0.301 e. The van der Waals surface area contributed by atoms with Crippen LogP contribution in [-0.2, 0) is 0 Å². The molecule has 3 nitrogen and oxygen atoms in total. The van der Waals surface area contributed by atoms with Crippen molar-refractivity contribution in [1.82, 2.24) is 14.7 Å². The normalized spacial score (nSPS) is 36.0. The first-order valence-corrected chi connectivity index (χ1v) is 9.23. The van der Waals surface area contributed by atoms with Crippen LogP contribution in [0.3, 0.4) is 0 Å². The van der Waals surface area contributed by atoms with Gasteiger partial charge in [0, 0.05) is 57.9 Å². The van der Waals surface area contributed by atoms with Crippen LogP contribution in [0.15, 0.2) is 0 Å². The van der Waals surface area contributed by atoms with Gasteiger partial charge in [-0.2, -0.15) is 0 Å². The number of piperidine rings is 1. The van der Waals surface area contributed by atoms with E-state index in [2.05, 4.69) is 42.4 Å². The molecule has 0 amide bonds. The average molecular weight is 293 g/mol. The molecular formula is C18H35N3. The van der Waals surface area contributed by atoms with E-state index in [4.69, 9.17) is 0 Å². The van der Waals surface area contributed by atoms with Gasteiger partial charge >= 0.3 is 0 Å². The van der Waals surface area contributed by atoms with Gasteiger partial charge in [-0.1, -0.05) is 0 Å². The van der Waals surface area contributed by atoms with E-state index in [0.29, 0.717) is 0 Å². The van der Waals surface area contributed by atoms with Crippen molar-refractivity contribution in [2.45, 2.75) is 52.6 Å². The predicted octanol–water partition coefficient (Wildman–Crippen LogP) is 2.38. The molecule has 1 aliphatic carbocycles. The second-order valence-corrected chi connectivity index (χ2v) is 8.34. The first kappa shape index (κ1) is 15.8. The topological polar surface area (TPSA) is 9.72 Å². The highest BCUT2D eigenvalue weighted by molar-refractivity contribution is 4.93. The summed E-state index contributed by atoms with van der Waals surface area (Å²) >= 11 is 0. The minimum Gasteiger partial charge on any atom is -0.301 e. The fraction of sp³-hybridized carbons (Fsp3) is 1.00. The molecule has 0 spiro atoms. The summed E-state index contributed by atoms with van der Waals surface area (Å²) in [6.45, 7) is 18.6. The zero-order valence-electron chi connectivity index (χ0n) is 14.6. The third-order valence-corrected chi connectivity index (χ3v) is 6.26. The SMILES string of the molecule is CC(C)N1CCN(CC2CC3CC2CN(C(C)C)C3)CC1. The van der Waals surface area contributed by atoms with Gasteiger partial charge in [-0.3, -0.25) is 4.90 Å². The van der Waals surface area contributed by atoms with E-state index < -0.39 is 0 Å². The van der Waals surface area contributed by atoms with Crippen LogP contribution in [0.5, 0.6) is 0 Å². The van der Waals surface area contributed by atoms with Crippen molar-refractivity contribution < 1.29 is 0 Å². The van der Waals surface area contributed by atoms with E-state index in [1.807, 2.05) is 0 Å². The quantitative estimate of drug-likeness (QED) is 0.788. The highest BCUT2D eigenvalue weighted by atomic mass is 15.3. The zero-order chi connectivity index (χ0) is 15.0. The molecule has 3 atom stereocenters. The first-order valence-electron chi connectivity index (χ1n) is 9.23. The second kappa shape index (κ2) is 6.55. The van der Waals surface area contributed by atoms with Crippen LogP contribution in [0.2, 0.25) is 0 Å².